The minimum Gasteiger partial charge on any atom is -0.383 e. The molecule has 0 radical (unpaired) electrons. The van der Waals surface area contributed by atoms with E-state index in [0.717, 1.165) is 29.3 Å². The van der Waals surface area contributed by atoms with Gasteiger partial charge in [0.25, 0.3) is 5.56 Å². The predicted molar refractivity (Wildman–Crippen MR) is 72.1 cm³/mol. The molecule has 3 N–H and O–H groups in total. The number of anilines is 1. The van der Waals surface area contributed by atoms with Crippen LogP contribution < -0.4 is 11.3 Å². The van der Waals surface area contributed by atoms with Crippen LogP contribution in [0.15, 0.2) is 27.2 Å². The monoisotopic (exact) mass is 275 g/mol. The van der Waals surface area contributed by atoms with Gasteiger partial charge in [-0.2, -0.15) is 0 Å². The Morgan fingerprint density at radius 2 is 2.21 bits per heavy atom. The highest BCUT2D eigenvalue weighted by atomic mass is 32.2. The lowest BCUT2D eigenvalue weighted by Gasteiger charge is -2.08. The molecule has 2 heterocycles. The van der Waals surface area contributed by atoms with E-state index < -0.39 is 0 Å². The van der Waals surface area contributed by atoms with Crippen LogP contribution in [-0.2, 0) is 0 Å². The van der Waals surface area contributed by atoms with Crippen molar-refractivity contribution >= 4 is 17.6 Å². The molecule has 2 aromatic heterocycles. The van der Waals surface area contributed by atoms with Crippen molar-refractivity contribution in [1.82, 2.24) is 19.9 Å². The Morgan fingerprint density at radius 3 is 2.89 bits per heavy atom. The van der Waals surface area contributed by atoms with Gasteiger partial charge in [-0.1, -0.05) is 0 Å². The molecule has 98 valence electrons. The Labute approximate surface area is 113 Å². The quantitative estimate of drug-likeness (QED) is 0.650. The molecule has 1 fully saturated rings. The molecule has 2 aromatic rings. The van der Waals surface area contributed by atoms with Gasteiger partial charge >= 0.3 is 0 Å². The maximum atomic E-state index is 11.3. The normalized spacial score (nSPS) is 14.6. The third-order valence-corrected chi connectivity index (χ3v) is 3.93. The van der Waals surface area contributed by atoms with Crippen LogP contribution in [0.25, 0.3) is 0 Å². The van der Waals surface area contributed by atoms with Gasteiger partial charge < -0.3 is 10.7 Å². The second kappa shape index (κ2) is 4.65. The SMILES string of the molecule is Cc1c(N)nc(C2CC2)nc1Sc1nccc(=O)[nH]1. The summed E-state index contributed by atoms with van der Waals surface area (Å²) in [6.45, 7) is 1.87. The highest BCUT2D eigenvalue weighted by Crippen LogP contribution is 2.40. The van der Waals surface area contributed by atoms with E-state index >= 15 is 0 Å². The van der Waals surface area contributed by atoms with Crippen LogP contribution in [0.1, 0.15) is 30.1 Å². The van der Waals surface area contributed by atoms with Crippen LogP contribution in [0.2, 0.25) is 0 Å². The van der Waals surface area contributed by atoms with Crippen molar-refractivity contribution in [3.63, 3.8) is 0 Å². The van der Waals surface area contributed by atoms with E-state index in [1.54, 1.807) is 0 Å². The molecule has 6 nitrogen and oxygen atoms in total. The van der Waals surface area contributed by atoms with Gasteiger partial charge in [0.05, 0.1) is 0 Å². The highest BCUT2D eigenvalue weighted by molar-refractivity contribution is 7.99. The van der Waals surface area contributed by atoms with E-state index in [0.29, 0.717) is 16.9 Å². The zero-order valence-electron chi connectivity index (χ0n) is 10.4. The fourth-order valence-electron chi connectivity index (χ4n) is 1.65. The van der Waals surface area contributed by atoms with Gasteiger partial charge in [0.2, 0.25) is 0 Å². The lowest BCUT2D eigenvalue weighted by atomic mass is 10.3. The Bertz CT molecular complexity index is 680. The molecule has 19 heavy (non-hydrogen) atoms. The first kappa shape index (κ1) is 12.2. The van der Waals surface area contributed by atoms with E-state index in [-0.39, 0.29) is 5.56 Å². The first-order valence-electron chi connectivity index (χ1n) is 6.00. The fourth-order valence-corrected chi connectivity index (χ4v) is 2.49. The maximum absolute atomic E-state index is 11.3. The number of aromatic amines is 1. The zero-order chi connectivity index (χ0) is 13.4. The third kappa shape index (κ3) is 2.60. The Balaban J connectivity index is 1.97. The van der Waals surface area contributed by atoms with Crippen LogP contribution in [0.5, 0.6) is 0 Å². The number of H-pyrrole nitrogens is 1. The summed E-state index contributed by atoms with van der Waals surface area (Å²) >= 11 is 1.30. The van der Waals surface area contributed by atoms with Crippen molar-refractivity contribution in [3.8, 4) is 0 Å². The third-order valence-electron chi connectivity index (χ3n) is 2.94. The predicted octanol–water partition coefficient (Wildman–Crippen LogP) is 1.48. The standard InChI is InChI=1S/C12H13N5OS/c1-6-9(13)16-10(7-2-3-7)17-11(6)19-12-14-5-4-8(18)15-12/h4-5,7H,2-3H2,1H3,(H2,13,16,17)(H,14,15,18). The van der Waals surface area contributed by atoms with Crippen molar-refractivity contribution in [3.05, 3.63) is 34.0 Å². The second-order valence-corrected chi connectivity index (χ2v) is 5.49. The molecule has 3 rings (SSSR count). The number of aromatic nitrogens is 4. The molecule has 1 aliphatic rings. The summed E-state index contributed by atoms with van der Waals surface area (Å²) in [5.74, 6) is 1.73. The number of hydrogen-bond acceptors (Lipinski definition) is 6. The first-order chi connectivity index (χ1) is 9.13. The Hall–Kier alpha value is -1.89. The van der Waals surface area contributed by atoms with Crippen molar-refractivity contribution in [2.24, 2.45) is 0 Å². The Morgan fingerprint density at radius 1 is 1.42 bits per heavy atom. The average molecular weight is 275 g/mol. The van der Waals surface area contributed by atoms with Crippen molar-refractivity contribution < 1.29 is 0 Å². The molecule has 0 atom stereocenters. The van der Waals surface area contributed by atoms with Gasteiger partial charge in [-0.25, -0.2) is 15.0 Å². The first-order valence-corrected chi connectivity index (χ1v) is 6.82. The summed E-state index contributed by atoms with van der Waals surface area (Å²) < 4.78 is 0. The van der Waals surface area contributed by atoms with E-state index in [1.165, 1.54) is 24.0 Å². The van der Waals surface area contributed by atoms with Crippen LogP contribution in [-0.4, -0.2) is 19.9 Å². The van der Waals surface area contributed by atoms with Crippen molar-refractivity contribution in [1.29, 1.82) is 0 Å². The molecule has 0 saturated heterocycles. The largest absolute Gasteiger partial charge is 0.383 e. The summed E-state index contributed by atoms with van der Waals surface area (Å²) in [5.41, 5.74) is 6.55. The number of nitrogens with zero attached hydrogens (tertiary/aromatic N) is 3. The number of rotatable bonds is 3. The summed E-state index contributed by atoms with van der Waals surface area (Å²) in [6, 6.07) is 1.38. The molecule has 0 amide bonds. The lowest BCUT2D eigenvalue weighted by Crippen LogP contribution is -2.07. The summed E-state index contributed by atoms with van der Waals surface area (Å²) in [4.78, 5) is 26.9. The van der Waals surface area contributed by atoms with E-state index in [2.05, 4.69) is 19.9 Å². The van der Waals surface area contributed by atoms with Gasteiger partial charge in [-0.05, 0) is 31.5 Å². The lowest BCUT2D eigenvalue weighted by molar-refractivity contribution is 0.861. The van der Waals surface area contributed by atoms with Gasteiger partial charge in [0.15, 0.2) is 5.16 Å². The molecule has 0 spiro atoms. The minimum absolute atomic E-state index is 0.181. The van der Waals surface area contributed by atoms with Gasteiger partial charge in [0.1, 0.15) is 16.7 Å². The smallest absolute Gasteiger partial charge is 0.251 e. The van der Waals surface area contributed by atoms with E-state index in [1.807, 2.05) is 6.92 Å². The molecular formula is C12H13N5OS. The molecule has 1 aliphatic carbocycles. The molecule has 0 unspecified atom stereocenters. The van der Waals surface area contributed by atoms with Crippen molar-refractivity contribution in [2.75, 3.05) is 5.73 Å². The second-order valence-electron chi connectivity index (χ2n) is 4.51. The summed E-state index contributed by atoms with van der Waals surface area (Å²) in [7, 11) is 0. The van der Waals surface area contributed by atoms with Crippen LogP contribution in [0.3, 0.4) is 0 Å². The molecule has 0 aromatic carbocycles. The number of hydrogen-bond donors (Lipinski definition) is 2. The van der Waals surface area contributed by atoms with E-state index in [4.69, 9.17) is 5.73 Å². The molecule has 0 aliphatic heterocycles. The number of nitrogen functional groups attached to an aromatic ring is 1. The maximum Gasteiger partial charge on any atom is 0.251 e. The van der Waals surface area contributed by atoms with Gasteiger partial charge in [-0.3, -0.25) is 4.79 Å². The summed E-state index contributed by atoms with van der Waals surface area (Å²) in [6.07, 6.45) is 3.71. The summed E-state index contributed by atoms with van der Waals surface area (Å²) in [5, 5.41) is 1.26. The fraction of sp³-hybridized carbons (Fsp3) is 0.333. The molecular weight excluding hydrogens is 262 g/mol. The molecule has 7 heteroatoms. The zero-order valence-corrected chi connectivity index (χ0v) is 11.2. The van der Waals surface area contributed by atoms with Crippen LogP contribution in [0, 0.1) is 6.92 Å². The number of nitrogens with one attached hydrogen (secondary N) is 1. The van der Waals surface area contributed by atoms with E-state index in [9.17, 15) is 4.79 Å². The Kier molecular flexibility index (Phi) is 2.98. The van der Waals surface area contributed by atoms with Crippen molar-refractivity contribution in [2.45, 2.75) is 35.9 Å². The van der Waals surface area contributed by atoms with Gasteiger partial charge in [-0.15, -0.1) is 0 Å². The topological polar surface area (TPSA) is 97.5 Å². The average Bonchev–Trinajstić information content (AvgIpc) is 3.19. The van der Waals surface area contributed by atoms with Crippen LogP contribution >= 0.6 is 11.8 Å². The molecule has 0 bridgehead atoms. The molecule has 1 saturated carbocycles. The van der Waals surface area contributed by atoms with Crippen LogP contribution in [0.4, 0.5) is 5.82 Å². The minimum atomic E-state index is -0.181. The van der Waals surface area contributed by atoms with Gasteiger partial charge in [0, 0.05) is 23.7 Å². The highest BCUT2D eigenvalue weighted by Gasteiger charge is 2.28. The number of nitrogens with two attached hydrogens (primary N) is 1.